The molecule has 68 valence electrons. The lowest BCUT2D eigenvalue weighted by Gasteiger charge is -2.29. The van der Waals surface area contributed by atoms with E-state index in [0.29, 0.717) is 0 Å². The van der Waals surface area contributed by atoms with Crippen molar-refractivity contribution in [1.29, 1.82) is 0 Å². The number of allylic oxidation sites excluding steroid dienone is 2. The first-order valence-corrected chi connectivity index (χ1v) is 5.00. The molecule has 3 heteroatoms. The van der Waals surface area contributed by atoms with Crippen LogP contribution in [0.1, 0.15) is 6.92 Å². The number of halogens is 1. The summed E-state index contributed by atoms with van der Waals surface area (Å²) >= 11 is 3.42. The van der Waals surface area contributed by atoms with E-state index >= 15 is 0 Å². The van der Waals surface area contributed by atoms with Crippen molar-refractivity contribution < 1.29 is 4.79 Å². The average molecular weight is 240 g/mol. The summed E-state index contributed by atoms with van der Waals surface area (Å²) in [5.74, 6) is 0.258. The van der Waals surface area contributed by atoms with Crippen LogP contribution >= 0.6 is 15.9 Å². The van der Waals surface area contributed by atoms with Crippen molar-refractivity contribution in [2.75, 3.05) is 0 Å². The van der Waals surface area contributed by atoms with E-state index in [4.69, 9.17) is 0 Å². The molecule has 0 bridgehead atoms. The lowest BCUT2D eigenvalue weighted by molar-refractivity contribution is -0.117. The molecule has 1 aliphatic carbocycles. The molecule has 0 spiro atoms. The summed E-state index contributed by atoms with van der Waals surface area (Å²) in [6.07, 6.45) is 7.83. The fourth-order valence-corrected chi connectivity index (χ4v) is 2.26. The Kier molecular flexibility index (Phi) is 2.12. The minimum Gasteiger partial charge on any atom is -0.345 e. The van der Waals surface area contributed by atoms with Gasteiger partial charge >= 0.3 is 0 Å². The van der Waals surface area contributed by atoms with Crippen LogP contribution in [0.15, 0.2) is 34.4 Å². The Labute approximate surface area is 85.5 Å². The molecule has 1 N–H and O–H groups in total. The molecule has 2 aliphatic rings. The largest absolute Gasteiger partial charge is 0.345 e. The fraction of sp³-hybridized carbons (Fsp3) is 0.300. The topological polar surface area (TPSA) is 29.1 Å². The normalized spacial score (nSPS) is 31.7. The maximum absolute atomic E-state index is 11.1. The minimum absolute atomic E-state index is 0.0225. The van der Waals surface area contributed by atoms with Gasteiger partial charge in [0.05, 0.1) is 6.04 Å². The van der Waals surface area contributed by atoms with Crippen LogP contribution in [0.3, 0.4) is 0 Å². The smallest absolute Gasteiger partial charge is 0.245 e. The first-order chi connectivity index (χ1) is 6.16. The number of carbonyl (C=O) groups is 1. The van der Waals surface area contributed by atoms with Crippen LogP contribution < -0.4 is 5.32 Å². The van der Waals surface area contributed by atoms with Gasteiger partial charge in [-0.25, -0.2) is 0 Å². The van der Waals surface area contributed by atoms with Gasteiger partial charge in [-0.05, 0) is 6.92 Å². The summed E-state index contributed by atoms with van der Waals surface area (Å²) in [4.78, 5) is 11.1. The molecule has 2 nitrogen and oxygen atoms in total. The molecule has 0 aromatic carbocycles. The molecule has 2 atom stereocenters. The third kappa shape index (κ3) is 1.61. The van der Waals surface area contributed by atoms with Crippen molar-refractivity contribution in [1.82, 2.24) is 5.32 Å². The molecule has 0 fully saturated rings. The maximum Gasteiger partial charge on any atom is 0.245 e. The number of hydrogen-bond donors (Lipinski definition) is 1. The monoisotopic (exact) mass is 239 g/mol. The molecular formula is C10H10BrNO. The van der Waals surface area contributed by atoms with E-state index in [-0.39, 0.29) is 17.9 Å². The van der Waals surface area contributed by atoms with Crippen molar-refractivity contribution in [3.05, 3.63) is 34.4 Å². The third-order valence-corrected chi connectivity index (χ3v) is 3.05. The zero-order valence-corrected chi connectivity index (χ0v) is 8.84. The third-order valence-electron chi connectivity index (χ3n) is 2.29. The number of carbonyl (C=O) groups excluding carboxylic acids is 1. The number of fused-ring (bicyclic) bond motifs is 1. The zero-order chi connectivity index (χ0) is 9.42. The summed E-state index contributed by atoms with van der Waals surface area (Å²) in [5, 5.41) is 2.89. The van der Waals surface area contributed by atoms with Crippen molar-refractivity contribution in [3.63, 3.8) is 0 Å². The highest BCUT2D eigenvalue weighted by Crippen LogP contribution is 2.30. The molecule has 13 heavy (non-hydrogen) atoms. The number of nitrogens with one attached hydrogen (secondary N) is 1. The summed E-state index contributed by atoms with van der Waals surface area (Å²) in [7, 11) is 0. The Balaban J connectivity index is 2.35. The Bertz CT molecular complexity index is 341. The van der Waals surface area contributed by atoms with Crippen LogP contribution in [0.25, 0.3) is 0 Å². The summed E-state index contributed by atoms with van der Waals surface area (Å²) in [5.41, 5.74) is 1.24. The first kappa shape index (κ1) is 8.75. The predicted octanol–water partition coefficient (Wildman–Crippen LogP) is 1.90. The summed E-state index contributed by atoms with van der Waals surface area (Å²) < 4.78 is 0.963. The molecule has 0 aromatic heterocycles. The second-order valence-electron chi connectivity index (χ2n) is 3.36. The molecule has 1 amide bonds. The molecule has 0 saturated carbocycles. The minimum atomic E-state index is -0.0225. The highest BCUT2D eigenvalue weighted by molar-refractivity contribution is 9.11. The van der Waals surface area contributed by atoms with Crippen LogP contribution in [0.2, 0.25) is 0 Å². The quantitative estimate of drug-likeness (QED) is 0.688. The average Bonchev–Trinajstić information content (AvgIpc) is 2.06. The summed E-state index contributed by atoms with van der Waals surface area (Å²) in [6, 6.07) is 0.121. The number of hydrogen-bond acceptors (Lipinski definition) is 1. The Morgan fingerprint density at radius 3 is 3.08 bits per heavy atom. The number of amides is 1. The molecule has 1 heterocycles. The van der Waals surface area contributed by atoms with Crippen LogP contribution in [-0.2, 0) is 4.79 Å². The van der Waals surface area contributed by atoms with Crippen molar-refractivity contribution in [2.45, 2.75) is 13.0 Å². The van der Waals surface area contributed by atoms with Gasteiger partial charge in [-0.3, -0.25) is 4.79 Å². The standard InChI is InChI=1S/C10H10BrNO/c1-6-2-3-9-7(4-6)8(11)5-10(13)12-9/h2-5,7,9H,1H3,(H,12,13). The van der Waals surface area contributed by atoms with E-state index in [1.54, 1.807) is 6.08 Å². The van der Waals surface area contributed by atoms with Gasteiger partial charge in [0.15, 0.2) is 0 Å². The lowest BCUT2D eigenvalue weighted by Crippen LogP contribution is -2.42. The van der Waals surface area contributed by atoms with Crippen LogP contribution in [0.5, 0.6) is 0 Å². The van der Waals surface area contributed by atoms with E-state index < -0.39 is 0 Å². The van der Waals surface area contributed by atoms with Gasteiger partial charge in [-0.1, -0.05) is 39.7 Å². The number of rotatable bonds is 0. The van der Waals surface area contributed by atoms with E-state index in [1.165, 1.54) is 5.57 Å². The van der Waals surface area contributed by atoms with Crippen molar-refractivity contribution in [3.8, 4) is 0 Å². The van der Waals surface area contributed by atoms with Gasteiger partial charge < -0.3 is 5.32 Å². The highest BCUT2D eigenvalue weighted by Gasteiger charge is 2.27. The van der Waals surface area contributed by atoms with Gasteiger partial charge in [0, 0.05) is 16.5 Å². The van der Waals surface area contributed by atoms with Crippen LogP contribution in [0, 0.1) is 5.92 Å². The molecule has 2 unspecified atom stereocenters. The molecule has 1 aliphatic heterocycles. The van der Waals surface area contributed by atoms with Gasteiger partial charge in [0.2, 0.25) is 5.91 Å². The fourth-order valence-electron chi connectivity index (χ4n) is 1.63. The van der Waals surface area contributed by atoms with E-state index in [2.05, 4.69) is 34.2 Å². The van der Waals surface area contributed by atoms with Crippen LogP contribution in [0.4, 0.5) is 0 Å². The Hall–Kier alpha value is -0.830. The van der Waals surface area contributed by atoms with Crippen molar-refractivity contribution >= 4 is 21.8 Å². The van der Waals surface area contributed by atoms with Crippen molar-refractivity contribution in [2.24, 2.45) is 5.92 Å². The molecular weight excluding hydrogens is 230 g/mol. The SMILES string of the molecule is CC1=CC2C(Br)=CC(=O)NC2C=C1. The maximum atomic E-state index is 11.1. The van der Waals surface area contributed by atoms with Gasteiger partial charge in [-0.2, -0.15) is 0 Å². The van der Waals surface area contributed by atoms with Gasteiger partial charge in [0.1, 0.15) is 0 Å². The second-order valence-corrected chi connectivity index (χ2v) is 4.27. The second kappa shape index (κ2) is 3.14. The molecule has 0 saturated heterocycles. The van der Waals surface area contributed by atoms with E-state index in [0.717, 1.165) is 4.48 Å². The first-order valence-electron chi connectivity index (χ1n) is 4.21. The predicted molar refractivity (Wildman–Crippen MR) is 55.3 cm³/mol. The van der Waals surface area contributed by atoms with E-state index in [1.807, 2.05) is 12.2 Å². The lowest BCUT2D eigenvalue weighted by atomic mass is 9.89. The zero-order valence-electron chi connectivity index (χ0n) is 7.25. The Morgan fingerprint density at radius 1 is 1.54 bits per heavy atom. The molecule has 0 radical (unpaired) electrons. The Morgan fingerprint density at radius 2 is 2.31 bits per heavy atom. The van der Waals surface area contributed by atoms with Gasteiger partial charge in [-0.15, -0.1) is 0 Å². The summed E-state index contributed by atoms with van der Waals surface area (Å²) in [6.45, 7) is 2.06. The molecule has 2 rings (SSSR count). The highest BCUT2D eigenvalue weighted by atomic mass is 79.9. The van der Waals surface area contributed by atoms with E-state index in [9.17, 15) is 4.79 Å². The van der Waals surface area contributed by atoms with Crippen LogP contribution in [-0.4, -0.2) is 11.9 Å². The van der Waals surface area contributed by atoms with Gasteiger partial charge in [0.25, 0.3) is 0 Å². The molecule has 0 aromatic rings.